The molecule has 0 aliphatic heterocycles. The van der Waals surface area contributed by atoms with Gasteiger partial charge in [-0.3, -0.25) is 0 Å². The van der Waals surface area contributed by atoms with E-state index in [1.54, 1.807) is 63.2 Å². The third-order valence-corrected chi connectivity index (χ3v) is 7.98. The average molecular weight is 412 g/mol. The van der Waals surface area contributed by atoms with Crippen LogP contribution in [0.3, 0.4) is 0 Å². The molecule has 0 heterocycles. The van der Waals surface area contributed by atoms with Gasteiger partial charge >= 0.3 is 0 Å². The molecule has 0 bridgehead atoms. The summed E-state index contributed by atoms with van der Waals surface area (Å²) < 4.78 is 56.3. The van der Waals surface area contributed by atoms with Gasteiger partial charge in [-0.25, -0.2) is 21.7 Å². The Balaban J connectivity index is 2.58. The monoisotopic (exact) mass is 411 g/mol. The minimum Gasteiger partial charge on any atom is -0.242 e. The van der Waals surface area contributed by atoms with Crippen LogP contribution in [0.15, 0.2) is 59.5 Å². The van der Waals surface area contributed by atoms with Crippen molar-refractivity contribution in [1.29, 1.82) is 0 Å². The summed E-state index contributed by atoms with van der Waals surface area (Å²) in [5.74, 6) is 0. The van der Waals surface area contributed by atoms with Gasteiger partial charge in [0.05, 0.1) is 26.2 Å². The molecule has 2 aromatic rings. The number of aryl methyl sites for hydroxylation is 1. The van der Waals surface area contributed by atoms with Gasteiger partial charge in [-0.05, 0) is 52.3 Å². The SMILES string of the molecule is Cc1ccc([C@](C)(N[S@](=O)C(C)(C)C)C(F)S(=O)(=O)c2ccccc2)cc1. The minimum absolute atomic E-state index is 0.112. The molecule has 0 radical (unpaired) electrons. The lowest BCUT2D eigenvalue weighted by molar-refractivity contribution is 0.261. The number of sulfone groups is 1. The van der Waals surface area contributed by atoms with Gasteiger partial charge in [0.25, 0.3) is 0 Å². The van der Waals surface area contributed by atoms with Crippen molar-refractivity contribution in [2.24, 2.45) is 0 Å². The lowest BCUT2D eigenvalue weighted by Crippen LogP contribution is -2.54. The first kappa shape index (κ1) is 21.7. The van der Waals surface area contributed by atoms with E-state index in [-0.39, 0.29) is 4.90 Å². The Kier molecular flexibility index (Phi) is 6.29. The fourth-order valence-electron chi connectivity index (χ4n) is 2.52. The second kappa shape index (κ2) is 7.81. The van der Waals surface area contributed by atoms with E-state index < -0.39 is 36.6 Å². The molecule has 148 valence electrons. The van der Waals surface area contributed by atoms with Crippen molar-refractivity contribution in [2.75, 3.05) is 0 Å². The van der Waals surface area contributed by atoms with E-state index in [0.29, 0.717) is 5.56 Å². The van der Waals surface area contributed by atoms with Crippen LogP contribution in [0.4, 0.5) is 4.39 Å². The maximum atomic E-state index is 15.7. The molecule has 0 aromatic heterocycles. The molecule has 2 aromatic carbocycles. The van der Waals surface area contributed by atoms with Crippen molar-refractivity contribution in [3.05, 3.63) is 65.7 Å². The fraction of sp³-hybridized carbons (Fsp3) is 0.400. The standard InChI is InChI=1S/C20H26FNO3S2/c1-15-11-13-16(14-12-15)20(5,22-26(23)19(2,3)4)18(21)27(24,25)17-9-7-6-8-10-17/h6-14,18,22H,1-5H3/t18?,20-,26+/m0/s1. The number of rotatable bonds is 6. The van der Waals surface area contributed by atoms with Crippen LogP contribution >= 0.6 is 0 Å². The molecular weight excluding hydrogens is 385 g/mol. The van der Waals surface area contributed by atoms with Crippen LogP contribution in [0.1, 0.15) is 38.8 Å². The van der Waals surface area contributed by atoms with Crippen LogP contribution in [-0.4, -0.2) is 22.9 Å². The smallest absolute Gasteiger partial charge is 0.227 e. The molecule has 0 saturated carbocycles. The van der Waals surface area contributed by atoms with E-state index >= 15 is 4.39 Å². The molecule has 1 N–H and O–H groups in total. The zero-order valence-corrected chi connectivity index (χ0v) is 17.8. The summed E-state index contributed by atoms with van der Waals surface area (Å²) in [4.78, 5) is -0.112. The van der Waals surface area contributed by atoms with Crippen LogP contribution in [0.5, 0.6) is 0 Å². The van der Waals surface area contributed by atoms with Crippen molar-refractivity contribution in [1.82, 2.24) is 4.72 Å². The van der Waals surface area contributed by atoms with E-state index in [1.807, 2.05) is 6.92 Å². The van der Waals surface area contributed by atoms with Crippen molar-refractivity contribution < 1.29 is 17.0 Å². The molecule has 27 heavy (non-hydrogen) atoms. The molecule has 0 fully saturated rings. The van der Waals surface area contributed by atoms with Gasteiger partial charge in [0.1, 0.15) is 0 Å². The molecule has 0 saturated heterocycles. The van der Waals surface area contributed by atoms with Crippen LogP contribution in [0.2, 0.25) is 0 Å². The molecule has 7 heteroatoms. The predicted octanol–water partition coefficient (Wildman–Crippen LogP) is 4.03. The van der Waals surface area contributed by atoms with Gasteiger partial charge in [-0.15, -0.1) is 0 Å². The van der Waals surface area contributed by atoms with Crippen LogP contribution in [0.25, 0.3) is 0 Å². The summed E-state index contributed by atoms with van der Waals surface area (Å²) in [5.41, 5.74) is -2.65. The molecule has 1 unspecified atom stereocenters. The van der Waals surface area contributed by atoms with Crippen molar-refractivity contribution >= 4 is 20.8 Å². The summed E-state index contributed by atoms with van der Waals surface area (Å²) in [6, 6.07) is 14.3. The second-order valence-corrected chi connectivity index (χ2v) is 11.7. The molecule has 0 spiro atoms. The average Bonchev–Trinajstić information content (AvgIpc) is 2.61. The Morgan fingerprint density at radius 2 is 1.48 bits per heavy atom. The Bertz CT molecular complexity index is 906. The van der Waals surface area contributed by atoms with Crippen molar-refractivity contribution in [3.8, 4) is 0 Å². The Morgan fingerprint density at radius 1 is 0.963 bits per heavy atom. The molecular formula is C20H26FNO3S2. The largest absolute Gasteiger partial charge is 0.242 e. The lowest BCUT2D eigenvalue weighted by Gasteiger charge is -2.36. The summed E-state index contributed by atoms with van der Waals surface area (Å²) in [7, 11) is -5.99. The minimum atomic E-state index is -4.31. The number of alkyl halides is 1. The first-order valence-electron chi connectivity index (χ1n) is 8.59. The van der Waals surface area contributed by atoms with Gasteiger partial charge in [-0.1, -0.05) is 48.0 Å². The third-order valence-electron chi connectivity index (χ3n) is 4.31. The van der Waals surface area contributed by atoms with Crippen molar-refractivity contribution in [3.63, 3.8) is 0 Å². The van der Waals surface area contributed by atoms with E-state index in [0.717, 1.165) is 5.56 Å². The number of benzene rings is 2. The highest BCUT2D eigenvalue weighted by atomic mass is 32.2. The zero-order valence-electron chi connectivity index (χ0n) is 16.2. The predicted molar refractivity (Wildman–Crippen MR) is 108 cm³/mol. The van der Waals surface area contributed by atoms with Gasteiger partial charge in [0.15, 0.2) is 0 Å². The van der Waals surface area contributed by atoms with E-state index in [2.05, 4.69) is 4.72 Å². The van der Waals surface area contributed by atoms with E-state index in [4.69, 9.17) is 0 Å². The summed E-state index contributed by atoms with van der Waals surface area (Å²) in [6.45, 7) is 8.54. The summed E-state index contributed by atoms with van der Waals surface area (Å²) in [6.07, 6.45) is 0. The normalized spacial score (nSPS) is 17.1. The topological polar surface area (TPSA) is 63.2 Å². The van der Waals surface area contributed by atoms with Gasteiger partial charge < -0.3 is 0 Å². The van der Waals surface area contributed by atoms with E-state index in [1.165, 1.54) is 19.1 Å². The Hall–Kier alpha value is -1.57. The number of halogens is 1. The van der Waals surface area contributed by atoms with Crippen LogP contribution < -0.4 is 4.72 Å². The van der Waals surface area contributed by atoms with Gasteiger partial charge in [0.2, 0.25) is 15.3 Å². The highest BCUT2D eigenvalue weighted by Crippen LogP contribution is 2.35. The molecule has 4 nitrogen and oxygen atoms in total. The highest BCUT2D eigenvalue weighted by molar-refractivity contribution is 7.92. The van der Waals surface area contributed by atoms with Crippen LogP contribution in [-0.2, 0) is 26.4 Å². The maximum absolute atomic E-state index is 15.7. The van der Waals surface area contributed by atoms with Gasteiger partial charge in [0, 0.05) is 0 Å². The Labute approximate surface area is 163 Å². The maximum Gasteiger partial charge on any atom is 0.227 e. The molecule has 0 aliphatic carbocycles. The zero-order chi connectivity index (χ0) is 20.5. The molecule has 0 amide bonds. The molecule has 2 rings (SSSR count). The van der Waals surface area contributed by atoms with Gasteiger partial charge in [-0.2, -0.15) is 0 Å². The first-order valence-corrected chi connectivity index (χ1v) is 11.3. The molecule has 3 atom stereocenters. The quantitative estimate of drug-likeness (QED) is 0.781. The third kappa shape index (κ3) is 4.65. The molecule has 0 aliphatic rings. The van der Waals surface area contributed by atoms with Crippen molar-refractivity contribution in [2.45, 2.75) is 55.3 Å². The van der Waals surface area contributed by atoms with Crippen LogP contribution in [0, 0.1) is 6.92 Å². The first-order chi connectivity index (χ1) is 12.4. The summed E-state index contributed by atoms with van der Waals surface area (Å²) >= 11 is 0. The van der Waals surface area contributed by atoms with E-state index in [9.17, 15) is 12.6 Å². The second-order valence-electron chi connectivity index (χ2n) is 7.73. The summed E-state index contributed by atoms with van der Waals surface area (Å²) in [5, 5.41) is 0. The number of hydrogen-bond acceptors (Lipinski definition) is 3. The number of hydrogen-bond donors (Lipinski definition) is 1. The Morgan fingerprint density at radius 3 is 1.96 bits per heavy atom. The lowest BCUT2D eigenvalue weighted by atomic mass is 9.94. The fourth-order valence-corrected chi connectivity index (χ4v) is 5.10. The highest BCUT2D eigenvalue weighted by Gasteiger charge is 2.47. The number of nitrogens with one attached hydrogen (secondary N) is 1.